The van der Waals surface area contributed by atoms with Gasteiger partial charge in [-0.1, -0.05) is 28.0 Å². The van der Waals surface area contributed by atoms with E-state index >= 15 is 0 Å². The molecule has 5 atom stereocenters. The first-order valence-corrected chi connectivity index (χ1v) is 11.0. The maximum Gasteiger partial charge on any atom is 0.186 e. The Bertz CT molecular complexity index is 310. The zero-order chi connectivity index (χ0) is 17.8. The highest BCUT2D eigenvalue weighted by Crippen LogP contribution is 2.28. The number of ether oxygens (including phenoxy) is 6. The molecule has 0 aromatic heterocycles. The fraction of sp³-hybridized carbons (Fsp3) is 1.00. The van der Waals surface area contributed by atoms with Crippen LogP contribution >= 0.6 is 21.6 Å². The minimum absolute atomic E-state index is 0.251. The molecular formula is C16H32O6S2. The fourth-order valence-corrected chi connectivity index (χ4v) is 4.18. The van der Waals surface area contributed by atoms with Gasteiger partial charge in [0.25, 0.3) is 0 Å². The van der Waals surface area contributed by atoms with Gasteiger partial charge in [-0.3, -0.25) is 0 Å². The number of rotatable bonds is 13. The van der Waals surface area contributed by atoms with Gasteiger partial charge in [-0.2, -0.15) is 0 Å². The summed E-state index contributed by atoms with van der Waals surface area (Å²) in [5.41, 5.74) is 0. The van der Waals surface area contributed by atoms with Gasteiger partial charge in [-0.15, -0.1) is 0 Å². The van der Waals surface area contributed by atoms with Crippen LogP contribution in [0.5, 0.6) is 0 Å². The Morgan fingerprint density at radius 1 is 0.875 bits per heavy atom. The van der Waals surface area contributed by atoms with Gasteiger partial charge in [-0.05, 0) is 19.1 Å². The van der Waals surface area contributed by atoms with Gasteiger partial charge < -0.3 is 28.4 Å². The van der Waals surface area contributed by atoms with Crippen LogP contribution in [0.4, 0.5) is 0 Å². The van der Waals surface area contributed by atoms with Crippen molar-refractivity contribution in [3.63, 3.8) is 0 Å². The van der Waals surface area contributed by atoms with E-state index in [2.05, 4.69) is 6.26 Å². The third-order valence-electron chi connectivity index (χ3n) is 4.01. The molecule has 0 aliphatic carbocycles. The average molecular weight is 385 g/mol. The molecule has 1 aliphatic heterocycles. The molecule has 0 amide bonds. The summed E-state index contributed by atoms with van der Waals surface area (Å²) in [6, 6.07) is 0. The topological polar surface area (TPSA) is 55.4 Å². The lowest BCUT2D eigenvalue weighted by Crippen LogP contribution is -2.61. The number of hydrogen-bond donors (Lipinski definition) is 0. The summed E-state index contributed by atoms with van der Waals surface area (Å²) in [6.45, 7) is 1.06. The van der Waals surface area contributed by atoms with Crippen molar-refractivity contribution in [1.29, 1.82) is 0 Å². The van der Waals surface area contributed by atoms with E-state index in [0.29, 0.717) is 13.2 Å². The molecule has 24 heavy (non-hydrogen) atoms. The van der Waals surface area contributed by atoms with Crippen LogP contribution in [-0.2, 0) is 28.4 Å². The zero-order valence-corrected chi connectivity index (χ0v) is 17.0. The summed E-state index contributed by atoms with van der Waals surface area (Å²) in [6.07, 6.45) is 3.87. The summed E-state index contributed by atoms with van der Waals surface area (Å²) in [7, 11) is 10.3. The summed E-state index contributed by atoms with van der Waals surface area (Å²) in [5.74, 6) is 1.18. The maximum atomic E-state index is 6.03. The van der Waals surface area contributed by atoms with Crippen molar-refractivity contribution in [2.24, 2.45) is 0 Å². The van der Waals surface area contributed by atoms with Crippen LogP contribution in [0.2, 0.25) is 0 Å². The predicted octanol–water partition coefficient (Wildman–Crippen LogP) is 2.60. The van der Waals surface area contributed by atoms with Crippen molar-refractivity contribution >= 4 is 21.6 Å². The first kappa shape index (κ1) is 22.5. The van der Waals surface area contributed by atoms with Crippen LogP contribution in [0.15, 0.2) is 0 Å². The van der Waals surface area contributed by atoms with E-state index < -0.39 is 6.29 Å². The van der Waals surface area contributed by atoms with Crippen LogP contribution in [-0.4, -0.2) is 84.4 Å². The maximum absolute atomic E-state index is 6.03. The van der Waals surface area contributed by atoms with Crippen LogP contribution < -0.4 is 0 Å². The molecule has 1 fully saturated rings. The Balaban J connectivity index is 2.50. The molecule has 0 unspecified atom stereocenters. The Labute approximate surface area is 154 Å². The third kappa shape index (κ3) is 6.99. The van der Waals surface area contributed by atoms with Gasteiger partial charge in [0.1, 0.15) is 24.4 Å². The molecule has 0 radical (unpaired) electrons. The second-order valence-corrected chi connectivity index (χ2v) is 8.20. The third-order valence-corrected chi connectivity index (χ3v) is 5.91. The Morgan fingerprint density at radius 3 is 2.17 bits per heavy atom. The van der Waals surface area contributed by atoms with Crippen molar-refractivity contribution in [3.05, 3.63) is 0 Å². The second-order valence-electron chi connectivity index (χ2n) is 5.52. The van der Waals surface area contributed by atoms with Crippen molar-refractivity contribution < 1.29 is 28.4 Å². The van der Waals surface area contributed by atoms with Gasteiger partial charge in [0.15, 0.2) is 6.29 Å². The highest BCUT2D eigenvalue weighted by atomic mass is 33.1. The lowest BCUT2D eigenvalue weighted by molar-refractivity contribution is -0.313. The lowest BCUT2D eigenvalue weighted by Gasteiger charge is -2.44. The Hall–Kier alpha value is 0.460. The molecule has 0 bridgehead atoms. The summed E-state index contributed by atoms with van der Waals surface area (Å²) in [4.78, 5) is 0. The van der Waals surface area contributed by atoms with Gasteiger partial charge in [0.05, 0.1) is 6.61 Å². The molecule has 1 saturated heterocycles. The molecule has 6 nitrogen and oxygen atoms in total. The summed E-state index contributed by atoms with van der Waals surface area (Å²) in [5, 5.41) is 0. The van der Waals surface area contributed by atoms with E-state index in [4.69, 9.17) is 28.4 Å². The molecule has 1 rings (SSSR count). The van der Waals surface area contributed by atoms with Crippen molar-refractivity contribution in [2.75, 3.05) is 53.7 Å². The first-order chi connectivity index (χ1) is 11.7. The Kier molecular flexibility index (Phi) is 12.8. The van der Waals surface area contributed by atoms with Gasteiger partial charge in [0.2, 0.25) is 0 Å². The minimum Gasteiger partial charge on any atom is -0.382 e. The van der Waals surface area contributed by atoms with Crippen LogP contribution in [0.3, 0.4) is 0 Å². The van der Waals surface area contributed by atoms with E-state index in [1.807, 2.05) is 21.6 Å². The molecule has 0 saturated carbocycles. The molecule has 0 spiro atoms. The molecular weight excluding hydrogens is 352 g/mol. The lowest BCUT2D eigenvalue weighted by atomic mass is 9.98. The van der Waals surface area contributed by atoms with E-state index in [1.54, 1.807) is 28.4 Å². The fourth-order valence-electron chi connectivity index (χ4n) is 2.84. The van der Waals surface area contributed by atoms with E-state index in [0.717, 1.165) is 12.8 Å². The van der Waals surface area contributed by atoms with Crippen molar-refractivity contribution in [1.82, 2.24) is 0 Å². The number of unbranched alkanes of at least 4 members (excludes halogenated alkanes) is 2. The SMILES string of the molecule is COC[C@H]1O[C@@H](OCCCCCSSC)[C@H](OC)[C@@H](OC)[C@@H]1OC. The number of methoxy groups -OCH3 is 4. The van der Waals surface area contributed by atoms with E-state index in [9.17, 15) is 0 Å². The van der Waals surface area contributed by atoms with Gasteiger partial charge in [-0.25, -0.2) is 0 Å². The molecule has 1 aliphatic rings. The normalized spacial score (nSPS) is 30.6. The zero-order valence-electron chi connectivity index (χ0n) is 15.4. The van der Waals surface area contributed by atoms with E-state index in [-0.39, 0.29) is 24.4 Å². The standard InChI is InChI=1S/C16H32O6S2/c1-17-11-12-13(18-2)14(19-3)15(20-4)16(22-12)21-9-7-6-8-10-24-23-5/h12-16H,6-11H2,1-5H3/t12-,13-,14+,15-,16-/m1/s1. The smallest absolute Gasteiger partial charge is 0.186 e. The highest BCUT2D eigenvalue weighted by Gasteiger charge is 2.47. The van der Waals surface area contributed by atoms with Crippen LogP contribution in [0, 0.1) is 0 Å². The molecule has 0 aromatic carbocycles. The first-order valence-electron chi connectivity index (χ1n) is 8.23. The molecule has 1 heterocycles. The average Bonchev–Trinajstić information content (AvgIpc) is 2.60. The molecule has 0 N–H and O–H groups in total. The quantitative estimate of drug-likeness (QED) is 0.355. The minimum atomic E-state index is -0.480. The molecule has 144 valence electrons. The monoisotopic (exact) mass is 384 g/mol. The highest BCUT2D eigenvalue weighted by molar-refractivity contribution is 8.76. The predicted molar refractivity (Wildman–Crippen MR) is 98.7 cm³/mol. The summed E-state index contributed by atoms with van der Waals surface area (Å²) >= 11 is 0. The van der Waals surface area contributed by atoms with Crippen LogP contribution in [0.25, 0.3) is 0 Å². The van der Waals surface area contributed by atoms with Crippen molar-refractivity contribution in [3.8, 4) is 0 Å². The second kappa shape index (κ2) is 13.6. The van der Waals surface area contributed by atoms with Gasteiger partial charge in [0, 0.05) is 40.8 Å². The van der Waals surface area contributed by atoms with E-state index in [1.165, 1.54) is 12.2 Å². The van der Waals surface area contributed by atoms with Crippen LogP contribution in [0.1, 0.15) is 19.3 Å². The molecule has 8 heteroatoms. The molecule has 0 aromatic rings. The number of hydrogen-bond acceptors (Lipinski definition) is 8. The van der Waals surface area contributed by atoms with Gasteiger partial charge >= 0.3 is 0 Å². The largest absolute Gasteiger partial charge is 0.382 e. The van der Waals surface area contributed by atoms with Crippen molar-refractivity contribution in [2.45, 2.75) is 50.0 Å². The Morgan fingerprint density at radius 2 is 1.58 bits per heavy atom. The summed E-state index contributed by atoms with van der Waals surface area (Å²) < 4.78 is 33.9.